The average molecular weight is 354 g/mol. The summed E-state index contributed by atoms with van der Waals surface area (Å²) < 4.78 is 17.8. The molecule has 0 unspecified atom stereocenters. The summed E-state index contributed by atoms with van der Waals surface area (Å²) >= 11 is 5.90. The monoisotopic (exact) mass is 353 g/mol. The van der Waals surface area contributed by atoms with E-state index in [4.69, 9.17) is 16.0 Å². The first-order valence-corrected chi connectivity index (χ1v) is 9.16. The number of benzene rings is 1. The van der Waals surface area contributed by atoms with Gasteiger partial charge in [0.05, 0.1) is 16.6 Å². The topological polar surface area (TPSA) is 59.3 Å². The Bertz CT molecular complexity index is 697. The molecule has 124 valence electrons. The van der Waals surface area contributed by atoms with Gasteiger partial charge in [0, 0.05) is 16.5 Å². The summed E-state index contributed by atoms with van der Waals surface area (Å²) in [7, 11) is -1.27. The van der Waals surface area contributed by atoms with Crippen LogP contribution in [-0.2, 0) is 16.6 Å². The molecule has 1 heterocycles. The Morgan fingerprint density at radius 1 is 1.30 bits per heavy atom. The molecular formula is C17H20ClNO3S. The summed E-state index contributed by atoms with van der Waals surface area (Å²) in [5.74, 6) is 1.25. The van der Waals surface area contributed by atoms with Crippen LogP contribution < -0.4 is 5.32 Å². The van der Waals surface area contributed by atoms with Gasteiger partial charge in [-0.25, -0.2) is 0 Å². The smallest absolute Gasteiger partial charge is 0.286 e. The molecule has 0 aliphatic heterocycles. The molecule has 1 aromatic carbocycles. The van der Waals surface area contributed by atoms with E-state index < -0.39 is 10.8 Å². The lowest BCUT2D eigenvalue weighted by molar-refractivity contribution is 0.0923. The number of hydrogen-bond donors (Lipinski definition) is 1. The molecule has 1 aromatic heterocycles. The van der Waals surface area contributed by atoms with E-state index in [-0.39, 0.29) is 17.4 Å². The van der Waals surface area contributed by atoms with Crippen LogP contribution in [0.3, 0.4) is 0 Å². The molecule has 0 aliphatic carbocycles. The van der Waals surface area contributed by atoms with Gasteiger partial charge >= 0.3 is 0 Å². The van der Waals surface area contributed by atoms with Crippen LogP contribution in [0.5, 0.6) is 0 Å². The lowest BCUT2D eigenvalue weighted by Crippen LogP contribution is -2.24. The minimum absolute atomic E-state index is 0.208. The molecule has 0 spiro atoms. The van der Waals surface area contributed by atoms with E-state index in [9.17, 15) is 9.00 Å². The Balaban J connectivity index is 1.94. The Morgan fingerprint density at radius 2 is 2.09 bits per heavy atom. The molecule has 23 heavy (non-hydrogen) atoms. The van der Waals surface area contributed by atoms with Crippen molar-refractivity contribution in [3.05, 3.63) is 52.9 Å². The molecule has 1 atom stereocenters. The maximum absolute atomic E-state index is 12.3. The molecule has 2 rings (SSSR count). The van der Waals surface area contributed by atoms with Crippen LogP contribution in [0.2, 0.25) is 5.02 Å². The molecule has 1 amide bonds. The molecule has 0 saturated heterocycles. The zero-order valence-corrected chi connectivity index (χ0v) is 14.7. The molecule has 0 radical (unpaired) electrons. The predicted octanol–water partition coefficient (Wildman–Crippen LogP) is 4.02. The number of nitrogens with one attached hydrogen (secondary N) is 1. The number of rotatable bonds is 7. The van der Waals surface area contributed by atoms with Crippen molar-refractivity contribution in [1.82, 2.24) is 5.32 Å². The summed E-state index contributed by atoms with van der Waals surface area (Å²) in [6.07, 6.45) is 0.915. The van der Waals surface area contributed by atoms with Gasteiger partial charge in [0.25, 0.3) is 5.91 Å². The molecular weight excluding hydrogens is 334 g/mol. The lowest BCUT2D eigenvalue weighted by atomic mass is 10.1. The van der Waals surface area contributed by atoms with Crippen molar-refractivity contribution in [1.29, 1.82) is 0 Å². The summed E-state index contributed by atoms with van der Waals surface area (Å²) in [5, 5.41) is 3.35. The van der Waals surface area contributed by atoms with Crippen molar-refractivity contribution >= 4 is 28.3 Å². The SMILES string of the molecule is CC(C)CCNC(=O)c1ccc(C[S@](=O)c2cccc(Cl)c2)o1. The van der Waals surface area contributed by atoms with Crippen molar-refractivity contribution in [2.75, 3.05) is 6.54 Å². The first-order chi connectivity index (χ1) is 11.0. The molecule has 4 nitrogen and oxygen atoms in total. The van der Waals surface area contributed by atoms with Gasteiger partial charge in [0.1, 0.15) is 5.76 Å². The lowest BCUT2D eigenvalue weighted by Gasteiger charge is -2.05. The van der Waals surface area contributed by atoms with Crippen molar-refractivity contribution in [3.8, 4) is 0 Å². The second-order valence-corrected chi connectivity index (χ2v) is 7.54. The fraction of sp³-hybridized carbons (Fsp3) is 0.353. The number of carbonyl (C=O) groups is 1. The van der Waals surface area contributed by atoms with E-state index in [2.05, 4.69) is 19.2 Å². The normalized spacial score (nSPS) is 12.3. The molecule has 6 heteroatoms. The summed E-state index contributed by atoms with van der Waals surface area (Å²) in [6.45, 7) is 4.81. The third-order valence-electron chi connectivity index (χ3n) is 3.23. The van der Waals surface area contributed by atoms with E-state index in [1.54, 1.807) is 36.4 Å². The van der Waals surface area contributed by atoms with Gasteiger partial charge in [0.15, 0.2) is 5.76 Å². The number of carbonyl (C=O) groups excluding carboxylic acids is 1. The van der Waals surface area contributed by atoms with Crippen molar-refractivity contribution in [3.63, 3.8) is 0 Å². The van der Waals surface area contributed by atoms with Gasteiger partial charge in [-0.2, -0.15) is 0 Å². The minimum Gasteiger partial charge on any atom is -0.455 e. The Labute approximate surface area is 143 Å². The number of hydrogen-bond acceptors (Lipinski definition) is 3. The Hall–Kier alpha value is -1.59. The zero-order chi connectivity index (χ0) is 16.8. The van der Waals surface area contributed by atoms with Crippen molar-refractivity contribution in [2.45, 2.75) is 30.9 Å². The van der Waals surface area contributed by atoms with Gasteiger partial charge in [-0.05, 0) is 42.7 Å². The highest BCUT2D eigenvalue weighted by molar-refractivity contribution is 7.84. The molecule has 0 saturated carbocycles. The van der Waals surface area contributed by atoms with Crippen LogP contribution in [0.4, 0.5) is 0 Å². The third-order valence-corrected chi connectivity index (χ3v) is 4.79. The van der Waals surface area contributed by atoms with Crippen molar-refractivity contribution in [2.24, 2.45) is 5.92 Å². The maximum Gasteiger partial charge on any atom is 0.286 e. The summed E-state index contributed by atoms with van der Waals surface area (Å²) in [4.78, 5) is 12.6. The fourth-order valence-electron chi connectivity index (χ4n) is 1.96. The number of amides is 1. The van der Waals surface area contributed by atoms with Crippen LogP contribution in [0, 0.1) is 5.92 Å². The maximum atomic E-state index is 12.3. The van der Waals surface area contributed by atoms with E-state index in [0.717, 1.165) is 6.42 Å². The fourth-order valence-corrected chi connectivity index (χ4v) is 3.28. The quantitative estimate of drug-likeness (QED) is 0.817. The van der Waals surface area contributed by atoms with Crippen LogP contribution in [-0.4, -0.2) is 16.7 Å². The third kappa shape index (κ3) is 5.52. The second kappa shape index (κ2) is 8.31. The first-order valence-electron chi connectivity index (χ1n) is 7.46. The average Bonchev–Trinajstić information content (AvgIpc) is 2.95. The second-order valence-electron chi connectivity index (χ2n) is 5.65. The highest BCUT2D eigenvalue weighted by Crippen LogP contribution is 2.18. The van der Waals surface area contributed by atoms with Crippen molar-refractivity contribution < 1.29 is 13.4 Å². The number of furan rings is 1. The molecule has 1 N–H and O–H groups in total. The van der Waals surface area contributed by atoms with E-state index in [1.807, 2.05) is 0 Å². The molecule has 0 fully saturated rings. The van der Waals surface area contributed by atoms with Gasteiger partial charge in [-0.3, -0.25) is 9.00 Å². The van der Waals surface area contributed by atoms with Gasteiger partial charge < -0.3 is 9.73 Å². The zero-order valence-electron chi connectivity index (χ0n) is 13.2. The largest absolute Gasteiger partial charge is 0.455 e. The Morgan fingerprint density at radius 3 is 2.78 bits per heavy atom. The van der Waals surface area contributed by atoms with Crippen LogP contribution >= 0.6 is 11.6 Å². The molecule has 2 aromatic rings. The molecule has 0 aliphatic rings. The van der Waals surface area contributed by atoms with E-state index >= 15 is 0 Å². The first kappa shape index (κ1) is 17.8. The van der Waals surface area contributed by atoms with Gasteiger partial charge in [0.2, 0.25) is 0 Å². The standard InChI is InChI=1S/C17H20ClNO3S/c1-12(2)8-9-19-17(20)16-7-6-14(22-16)11-23(21)15-5-3-4-13(18)10-15/h3-7,10,12H,8-9,11H2,1-2H3,(H,19,20)/t23-/m0/s1. The number of halogens is 1. The Kier molecular flexibility index (Phi) is 6.42. The summed E-state index contributed by atoms with van der Waals surface area (Å²) in [5.41, 5.74) is 0. The summed E-state index contributed by atoms with van der Waals surface area (Å²) in [6, 6.07) is 10.2. The molecule has 0 bridgehead atoms. The highest BCUT2D eigenvalue weighted by Gasteiger charge is 2.13. The van der Waals surface area contributed by atoms with Gasteiger partial charge in [-0.15, -0.1) is 0 Å². The van der Waals surface area contributed by atoms with E-state index in [0.29, 0.717) is 28.1 Å². The van der Waals surface area contributed by atoms with Crippen LogP contribution in [0.1, 0.15) is 36.6 Å². The van der Waals surface area contributed by atoms with Crippen LogP contribution in [0.25, 0.3) is 0 Å². The highest BCUT2D eigenvalue weighted by atomic mass is 35.5. The van der Waals surface area contributed by atoms with E-state index in [1.165, 1.54) is 0 Å². The minimum atomic E-state index is -1.27. The predicted molar refractivity (Wildman–Crippen MR) is 92.1 cm³/mol. The van der Waals surface area contributed by atoms with Crippen LogP contribution in [0.15, 0.2) is 45.7 Å². The van der Waals surface area contributed by atoms with Gasteiger partial charge in [-0.1, -0.05) is 31.5 Å².